The molecule has 0 aliphatic carbocycles. The molecule has 0 bridgehead atoms. The Hall–Kier alpha value is -2.64. The first-order chi connectivity index (χ1) is 15.8. The number of anilines is 1. The Morgan fingerprint density at radius 1 is 0.909 bits per heavy atom. The highest BCUT2D eigenvalue weighted by atomic mass is 35.5. The van der Waals surface area contributed by atoms with Crippen LogP contribution in [0.5, 0.6) is 0 Å². The summed E-state index contributed by atoms with van der Waals surface area (Å²) in [7, 11) is 0. The summed E-state index contributed by atoms with van der Waals surface area (Å²) < 4.78 is 0. The van der Waals surface area contributed by atoms with Crippen molar-refractivity contribution >= 4 is 64.2 Å². The number of nitrogens with one attached hydrogen (secondary N) is 4. The van der Waals surface area contributed by atoms with Crippen LogP contribution in [0.4, 0.5) is 15.3 Å². The minimum absolute atomic E-state index is 0.178. The molecule has 10 heteroatoms. The van der Waals surface area contributed by atoms with E-state index < -0.39 is 6.03 Å². The van der Waals surface area contributed by atoms with Crippen molar-refractivity contribution in [3.05, 3.63) is 99.2 Å². The molecular weight excluding hydrogens is 506 g/mol. The lowest BCUT2D eigenvalue weighted by Crippen LogP contribution is -2.34. The van der Waals surface area contributed by atoms with E-state index in [-0.39, 0.29) is 18.5 Å². The molecular formula is C23H22Cl4N4O2. The van der Waals surface area contributed by atoms with Gasteiger partial charge in [0, 0.05) is 29.5 Å². The predicted molar refractivity (Wildman–Crippen MR) is 137 cm³/mol. The summed E-state index contributed by atoms with van der Waals surface area (Å²) in [5.41, 5.74) is 2.73. The number of urea groups is 2. The molecule has 0 aromatic heterocycles. The van der Waals surface area contributed by atoms with E-state index in [1.807, 2.05) is 24.3 Å². The van der Waals surface area contributed by atoms with E-state index in [1.54, 1.807) is 30.4 Å². The van der Waals surface area contributed by atoms with E-state index in [9.17, 15) is 9.59 Å². The average molecular weight is 528 g/mol. The molecule has 0 fully saturated rings. The third-order valence-corrected chi connectivity index (χ3v) is 5.55. The van der Waals surface area contributed by atoms with Crippen LogP contribution in [0.25, 0.3) is 0 Å². The second-order valence-electron chi connectivity index (χ2n) is 6.64. The zero-order chi connectivity index (χ0) is 24.2. The molecule has 0 saturated heterocycles. The minimum Gasteiger partial charge on any atom is -0.334 e. The second kappa shape index (κ2) is 13.8. The Morgan fingerprint density at radius 3 is 2.18 bits per heavy atom. The molecule has 174 valence electrons. The number of allylic oxidation sites excluding steroid dienone is 4. The van der Waals surface area contributed by atoms with Crippen LogP contribution in [0.3, 0.4) is 0 Å². The van der Waals surface area contributed by atoms with Gasteiger partial charge < -0.3 is 21.3 Å². The van der Waals surface area contributed by atoms with Gasteiger partial charge in [0.25, 0.3) is 0 Å². The normalized spacial score (nSPS) is 11.5. The molecule has 4 N–H and O–H groups in total. The largest absolute Gasteiger partial charge is 0.334 e. The van der Waals surface area contributed by atoms with Crippen molar-refractivity contribution in [2.75, 3.05) is 11.2 Å². The number of rotatable bonds is 9. The molecule has 4 amide bonds. The SMILES string of the molecule is C=C/C(=C\C=C(\Cl)CCl)NC(=O)NCc1cccc(CNC(=O)Nc2ccc(Cl)c(Cl)c2)c1. The summed E-state index contributed by atoms with van der Waals surface area (Å²) in [5, 5.41) is 12.1. The number of hydrogen-bond donors (Lipinski definition) is 4. The highest BCUT2D eigenvalue weighted by Gasteiger charge is 2.06. The summed E-state index contributed by atoms with van der Waals surface area (Å²) in [5.74, 6) is 0.178. The first-order valence-corrected chi connectivity index (χ1v) is 11.3. The Labute approximate surface area is 212 Å². The third-order valence-electron chi connectivity index (χ3n) is 4.12. The van der Waals surface area contributed by atoms with Gasteiger partial charge >= 0.3 is 12.1 Å². The smallest absolute Gasteiger partial charge is 0.319 e. The summed E-state index contributed by atoms with van der Waals surface area (Å²) in [6.07, 6.45) is 4.68. The van der Waals surface area contributed by atoms with E-state index in [0.29, 0.717) is 33.0 Å². The van der Waals surface area contributed by atoms with Crippen molar-refractivity contribution in [2.24, 2.45) is 0 Å². The van der Waals surface area contributed by atoms with Crippen LogP contribution in [0.1, 0.15) is 11.1 Å². The fourth-order valence-electron chi connectivity index (χ4n) is 2.52. The Balaban J connectivity index is 1.84. The lowest BCUT2D eigenvalue weighted by Gasteiger charge is -2.11. The van der Waals surface area contributed by atoms with Crippen LogP contribution in [0.2, 0.25) is 10.0 Å². The zero-order valence-electron chi connectivity index (χ0n) is 17.4. The van der Waals surface area contributed by atoms with E-state index in [0.717, 1.165) is 11.1 Å². The van der Waals surface area contributed by atoms with Crippen molar-refractivity contribution in [1.82, 2.24) is 16.0 Å². The molecule has 6 nitrogen and oxygen atoms in total. The quantitative estimate of drug-likeness (QED) is 0.220. The number of carbonyl (C=O) groups is 2. The van der Waals surface area contributed by atoms with Crippen molar-refractivity contribution < 1.29 is 9.59 Å². The van der Waals surface area contributed by atoms with Gasteiger partial charge in [-0.3, -0.25) is 0 Å². The molecule has 0 heterocycles. The highest BCUT2D eigenvalue weighted by molar-refractivity contribution is 6.42. The van der Waals surface area contributed by atoms with E-state index in [4.69, 9.17) is 46.4 Å². The van der Waals surface area contributed by atoms with Crippen molar-refractivity contribution in [2.45, 2.75) is 13.1 Å². The summed E-state index contributed by atoms with van der Waals surface area (Å²) in [4.78, 5) is 24.3. The molecule has 0 saturated carbocycles. The van der Waals surface area contributed by atoms with Crippen LogP contribution in [-0.2, 0) is 13.1 Å². The number of halogens is 4. The van der Waals surface area contributed by atoms with E-state index in [1.165, 1.54) is 6.08 Å². The van der Waals surface area contributed by atoms with Crippen LogP contribution in [0.15, 0.2) is 78.0 Å². The van der Waals surface area contributed by atoms with Gasteiger partial charge in [0.15, 0.2) is 0 Å². The first-order valence-electron chi connectivity index (χ1n) is 9.68. The van der Waals surface area contributed by atoms with Crippen LogP contribution in [-0.4, -0.2) is 17.9 Å². The van der Waals surface area contributed by atoms with Gasteiger partial charge in [-0.05, 0) is 47.6 Å². The topological polar surface area (TPSA) is 82.3 Å². The molecule has 2 rings (SSSR count). The Bertz CT molecular complexity index is 1070. The molecule has 0 aliphatic heterocycles. The molecule has 0 spiro atoms. The number of hydrogen-bond acceptors (Lipinski definition) is 2. The lowest BCUT2D eigenvalue weighted by atomic mass is 10.1. The second-order valence-corrected chi connectivity index (χ2v) is 8.20. The van der Waals surface area contributed by atoms with Crippen molar-refractivity contribution in [3.8, 4) is 0 Å². The van der Waals surface area contributed by atoms with Crippen LogP contribution in [0, 0.1) is 0 Å². The molecule has 0 aliphatic rings. The van der Waals surface area contributed by atoms with Gasteiger partial charge in [-0.25, -0.2) is 9.59 Å². The van der Waals surface area contributed by atoms with Gasteiger partial charge in [0.05, 0.1) is 15.9 Å². The monoisotopic (exact) mass is 526 g/mol. The van der Waals surface area contributed by atoms with Gasteiger partial charge in [-0.15, -0.1) is 11.6 Å². The zero-order valence-corrected chi connectivity index (χ0v) is 20.5. The van der Waals surface area contributed by atoms with Crippen molar-refractivity contribution in [3.63, 3.8) is 0 Å². The predicted octanol–water partition coefficient (Wildman–Crippen LogP) is 6.55. The Kier molecular flexibility index (Phi) is 11.1. The minimum atomic E-state index is -0.402. The summed E-state index contributed by atoms with van der Waals surface area (Å²) in [6.45, 7) is 4.23. The number of benzene rings is 2. The summed E-state index contributed by atoms with van der Waals surface area (Å²) >= 11 is 23.3. The summed E-state index contributed by atoms with van der Waals surface area (Å²) in [6, 6.07) is 11.5. The maximum absolute atomic E-state index is 12.1. The first kappa shape index (κ1) is 26.6. The van der Waals surface area contributed by atoms with Crippen LogP contribution >= 0.6 is 46.4 Å². The van der Waals surface area contributed by atoms with Gasteiger partial charge in [0.1, 0.15) is 0 Å². The molecule has 33 heavy (non-hydrogen) atoms. The number of carbonyl (C=O) groups excluding carboxylic acids is 2. The van der Waals surface area contributed by atoms with E-state index >= 15 is 0 Å². The molecule has 2 aromatic rings. The van der Waals surface area contributed by atoms with Gasteiger partial charge in [-0.1, -0.05) is 65.6 Å². The molecule has 2 aromatic carbocycles. The number of alkyl halides is 1. The van der Waals surface area contributed by atoms with Gasteiger partial charge in [-0.2, -0.15) is 0 Å². The van der Waals surface area contributed by atoms with E-state index in [2.05, 4.69) is 27.8 Å². The number of amides is 4. The fraction of sp³-hybridized carbons (Fsp3) is 0.130. The standard InChI is InChI=1S/C23H22Cl4N4O2/c1-2-18(7-6-17(25)12-24)30-22(32)28-13-15-4-3-5-16(10-15)14-29-23(33)31-19-8-9-20(26)21(27)11-19/h2-11H,1,12-14H2,(H2,28,30,32)(H2,29,31,33)/b17-6+,18-7+. The molecule has 0 atom stereocenters. The van der Waals surface area contributed by atoms with Crippen LogP contribution < -0.4 is 21.3 Å². The molecule has 0 unspecified atom stereocenters. The Morgan fingerprint density at radius 2 is 1.58 bits per heavy atom. The maximum atomic E-state index is 12.1. The molecule has 0 radical (unpaired) electrons. The maximum Gasteiger partial charge on any atom is 0.319 e. The average Bonchev–Trinajstić information content (AvgIpc) is 2.81. The van der Waals surface area contributed by atoms with Crippen molar-refractivity contribution in [1.29, 1.82) is 0 Å². The van der Waals surface area contributed by atoms with Gasteiger partial charge in [0.2, 0.25) is 0 Å². The third kappa shape index (κ3) is 9.80. The highest BCUT2D eigenvalue weighted by Crippen LogP contribution is 2.24. The lowest BCUT2D eigenvalue weighted by molar-refractivity contribution is 0.243. The fourth-order valence-corrected chi connectivity index (χ4v) is 2.97.